The molecule has 100 valence electrons. The van der Waals surface area contributed by atoms with E-state index in [2.05, 4.69) is 22.7 Å². The summed E-state index contributed by atoms with van der Waals surface area (Å²) in [6.45, 7) is 2.66. The highest BCUT2D eigenvalue weighted by atomic mass is 16.3. The first-order valence-corrected chi connectivity index (χ1v) is 7.12. The lowest BCUT2D eigenvalue weighted by Gasteiger charge is -2.22. The smallest absolute Gasteiger partial charge is 0.109 e. The van der Waals surface area contributed by atoms with Crippen LogP contribution in [0.15, 0.2) is 6.20 Å². The molecular formula is C14H23N3O. The van der Waals surface area contributed by atoms with E-state index in [0.29, 0.717) is 0 Å². The first-order chi connectivity index (χ1) is 8.76. The molecule has 0 saturated carbocycles. The SMILES string of the molecule is CN1CCC(Cc2cn3c(n2)CCCC3CO)C1. The molecule has 1 aromatic rings. The maximum absolute atomic E-state index is 9.41. The van der Waals surface area contributed by atoms with Gasteiger partial charge in [-0.25, -0.2) is 4.98 Å². The van der Waals surface area contributed by atoms with Gasteiger partial charge >= 0.3 is 0 Å². The first-order valence-electron chi connectivity index (χ1n) is 7.12. The number of aromatic nitrogens is 2. The highest BCUT2D eigenvalue weighted by molar-refractivity contribution is 5.09. The molecule has 0 bridgehead atoms. The van der Waals surface area contributed by atoms with Crippen LogP contribution in [-0.4, -0.2) is 46.3 Å². The standard InChI is InChI=1S/C14H23N3O/c1-16-6-5-11(8-16)7-12-9-17-13(10-18)3-2-4-14(17)15-12/h9,11,13,18H,2-8,10H2,1H3. The lowest BCUT2D eigenvalue weighted by Crippen LogP contribution is -2.20. The van der Waals surface area contributed by atoms with Crippen LogP contribution in [0.3, 0.4) is 0 Å². The Morgan fingerprint density at radius 3 is 3.06 bits per heavy atom. The Morgan fingerprint density at radius 2 is 2.33 bits per heavy atom. The Bertz CT molecular complexity index is 415. The summed E-state index contributed by atoms with van der Waals surface area (Å²) >= 11 is 0. The molecule has 0 aromatic carbocycles. The number of aliphatic hydroxyl groups is 1. The van der Waals surface area contributed by atoms with E-state index in [1.165, 1.54) is 31.0 Å². The van der Waals surface area contributed by atoms with Gasteiger partial charge in [-0.3, -0.25) is 0 Å². The summed E-state index contributed by atoms with van der Waals surface area (Å²) in [5.74, 6) is 1.95. The molecule has 1 N–H and O–H groups in total. The van der Waals surface area contributed by atoms with Gasteiger partial charge in [0.05, 0.1) is 18.3 Å². The lowest BCUT2D eigenvalue weighted by molar-refractivity contribution is 0.206. The largest absolute Gasteiger partial charge is 0.394 e. The third-order valence-corrected chi connectivity index (χ3v) is 4.39. The summed E-state index contributed by atoms with van der Waals surface area (Å²) in [5, 5.41) is 9.41. The van der Waals surface area contributed by atoms with E-state index in [1.807, 2.05) is 0 Å². The number of nitrogens with zero attached hydrogens (tertiary/aromatic N) is 3. The second-order valence-corrected chi connectivity index (χ2v) is 5.91. The average molecular weight is 249 g/mol. The third-order valence-electron chi connectivity index (χ3n) is 4.39. The monoisotopic (exact) mass is 249 g/mol. The minimum atomic E-state index is 0.245. The molecule has 1 fully saturated rings. The maximum Gasteiger partial charge on any atom is 0.109 e. The molecule has 1 aromatic heterocycles. The van der Waals surface area contributed by atoms with Crippen LogP contribution in [0, 0.1) is 5.92 Å². The van der Waals surface area contributed by atoms with Crippen LogP contribution in [0.2, 0.25) is 0 Å². The van der Waals surface area contributed by atoms with E-state index in [4.69, 9.17) is 4.98 Å². The fourth-order valence-electron chi connectivity index (χ4n) is 3.39. The van der Waals surface area contributed by atoms with Crippen LogP contribution < -0.4 is 0 Å². The van der Waals surface area contributed by atoms with Gasteiger partial charge in [-0.15, -0.1) is 0 Å². The normalized spacial score (nSPS) is 28.6. The Balaban J connectivity index is 1.72. The number of aryl methyl sites for hydroxylation is 1. The summed E-state index contributed by atoms with van der Waals surface area (Å²) < 4.78 is 2.22. The van der Waals surface area contributed by atoms with Crippen molar-refractivity contribution in [2.75, 3.05) is 26.7 Å². The lowest BCUT2D eigenvalue weighted by atomic mass is 10.0. The summed E-state index contributed by atoms with van der Waals surface area (Å²) in [5.41, 5.74) is 1.23. The highest BCUT2D eigenvalue weighted by Crippen LogP contribution is 2.26. The number of imidazole rings is 1. The van der Waals surface area contributed by atoms with Gasteiger partial charge in [0.25, 0.3) is 0 Å². The fraction of sp³-hybridized carbons (Fsp3) is 0.786. The molecule has 0 amide bonds. The van der Waals surface area contributed by atoms with Gasteiger partial charge in [0.1, 0.15) is 5.82 Å². The van der Waals surface area contributed by atoms with Crippen molar-refractivity contribution in [2.24, 2.45) is 5.92 Å². The zero-order chi connectivity index (χ0) is 12.5. The van der Waals surface area contributed by atoms with Crippen LogP contribution in [0.4, 0.5) is 0 Å². The molecule has 2 aliphatic rings. The molecule has 2 unspecified atom stereocenters. The third kappa shape index (κ3) is 2.31. The molecule has 2 aliphatic heterocycles. The second kappa shape index (κ2) is 5.02. The van der Waals surface area contributed by atoms with E-state index >= 15 is 0 Å². The van der Waals surface area contributed by atoms with Crippen LogP contribution in [0.5, 0.6) is 0 Å². The van der Waals surface area contributed by atoms with Crippen LogP contribution in [0.25, 0.3) is 0 Å². The van der Waals surface area contributed by atoms with Gasteiger partial charge in [0.2, 0.25) is 0 Å². The van der Waals surface area contributed by atoms with Gasteiger partial charge in [0, 0.05) is 19.2 Å². The number of likely N-dealkylation sites (tertiary alicyclic amines) is 1. The van der Waals surface area contributed by atoms with Crippen molar-refractivity contribution in [1.29, 1.82) is 0 Å². The Kier molecular flexibility index (Phi) is 3.39. The van der Waals surface area contributed by atoms with Gasteiger partial charge < -0.3 is 14.6 Å². The highest BCUT2D eigenvalue weighted by Gasteiger charge is 2.24. The molecule has 3 rings (SSSR count). The van der Waals surface area contributed by atoms with E-state index < -0.39 is 0 Å². The van der Waals surface area contributed by atoms with Crippen molar-refractivity contribution in [2.45, 2.75) is 38.1 Å². The zero-order valence-electron chi connectivity index (χ0n) is 11.2. The first kappa shape index (κ1) is 12.2. The van der Waals surface area contributed by atoms with Crippen molar-refractivity contribution in [3.63, 3.8) is 0 Å². The summed E-state index contributed by atoms with van der Waals surface area (Å²) in [6.07, 6.45) is 7.90. The van der Waals surface area contributed by atoms with Crippen molar-refractivity contribution in [3.8, 4) is 0 Å². The predicted octanol–water partition coefficient (Wildman–Crippen LogP) is 1.25. The molecule has 4 heteroatoms. The minimum absolute atomic E-state index is 0.245. The van der Waals surface area contributed by atoms with Gasteiger partial charge in [0.15, 0.2) is 0 Å². The Labute approximate surface area is 109 Å². The molecule has 2 atom stereocenters. The summed E-state index contributed by atoms with van der Waals surface area (Å²) in [4.78, 5) is 7.17. The summed E-state index contributed by atoms with van der Waals surface area (Å²) in [6, 6.07) is 0.265. The maximum atomic E-state index is 9.41. The second-order valence-electron chi connectivity index (χ2n) is 5.91. The quantitative estimate of drug-likeness (QED) is 0.876. The van der Waals surface area contributed by atoms with Gasteiger partial charge in [-0.05, 0) is 45.2 Å². The van der Waals surface area contributed by atoms with Gasteiger partial charge in [-0.1, -0.05) is 0 Å². The van der Waals surface area contributed by atoms with Crippen molar-refractivity contribution in [1.82, 2.24) is 14.5 Å². The fourth-order valence-corrected chi connectivity index (χ4v) is 3.39. The molecule has 0 aliphatic carbocycles. The molecule has 0 radical (unpaired) electrons. The minimum Gasteiger partial charge on any atom is -0.394 e. The van der Waals surface area contributed by atoms with E-state index in [9.17, 15) is 5.11 Å². The van der Waals surface area contributed by atoms with E-state index in [0.717, 1.165) is 31.6 Å². The molecule has 0 spiro atoms. The Hall–Kier alpha value is -0.870. The molecule has 18 heavy (non-hydrogen) atoms. The molecule has 1 saturated heterocycles. The van der Waals surface area contributed by atoms with Crippen LogP contribution >= 0.6 is 0 Å². The van der Waals surface area contributed by atoms with Crippen molar-refractivity contribution < 1.29 is 5.11 Å². The number of aliphatic hydroxyl groups excluding tert-OH is 1. The topological polar surface area (TPSA) is 41.3 Å². The molecular weight excluding hydrogens is 226 g/mol. The van der Waals surface area contributed by atoms with Crippen LogP contribution in [0.1, 0.15) is 36.8 Å². The van der Waals surface area contributed by atoms with Crippen LogP contribution in [-0.2, 0) is 12.8 Å². The molecule has 4 nitrogen and oxygen atoms in total. The van der Waals surface area contributed by atoms with Gasteiger partial charge in [-0.2, -0.15) is 0 Å². The van der Waals surface area contributed by atoms with Crippen molar-refractivity contribution >= 4 is 0 Å². The number of hydrogen-bond acceptors (Lipinski definition) is 3. The van der Waals surface area contributed by atoms with E-state index in [1.54, 1.807) is 0 Å². The number of rotatable bonds is 3. The summed E-state index contributed by atoms with van der Waals surface area (Å²) in [7, 11) is 2.19. The molecule has 3 heterocycles. The number of hydrogen-bond donors (Lipinski definition) is 1. The number of fused-ring (bicyclic) bond motifs is 1. The van der Waals surface area contributed by atoms with Crippen molar-refractivity contribution in [3.05, 3.63) is 17.7 Å². The zero-order valence-corrected chi connectivity index (χ0v) is 11.2. The Morgan fingerprint density at radius 1 is 1.44 bits per heavy atom. The van der Waals surface area contributed by atoms with E-state index in [-0.39, 0.29) is 12.6 Å². The predicted molar refractivity (Wildman–Crippen MR) is 70.6 cm³/mol. The average Bonchev–Trinajstić information content (AvgIpc) is 2.94.